The zero-order valence-corrected chi connectivity index (χ0v) is 9.74. The summed E-state index contributed by atoms with van der Waals surface area (Å²) in [5.41, 5.74) is 4.92. The Hall–Kier alpha value is -0.344. The van der Waals surface area contributed by atoms with Crippen LogP contribution in [0, 0.1) is 5.41 Å². The van der Waals surface area contributed by atoms with Gasteiger partial charge in [0, 0.05) is 7.05 Å². The number of carbonyl (C=O) groups is 1. The first-order valence-electron chi connectivity index (χ1n) is 3.02. The van der Waals surface area contributed by atoms with E-state index in [0.29, 0.717) is 0 Å². The van der Waals surface area contributed by atoms with Crippen molar-refractivity contribution in [3.05, 3.63) is 0 Å². The molecule has 0 aliphatic carbocycles. The summed E-state index contributed by atoms with van der Waals surface area (Å²) in [5, 5.41) is 6.80. The van der Waals surface area contributed by atoms with Gasteiger partial charge in [0.05, 0.1) is 0 Å². The fourth-order valence-electron chi connectivity index (χ4n) is 0.432. The Kier molecular flexibility index (Phi) is 7.13. The topological polar surface area (TPSA) is 143 Å². The number of phosphoric acid groups is 1. The summed E-state index contributed by atoms with van der Waals surface area (Å²) in [5.74, 6) is -1.71. The molecular formula is C4H8MgN3O5P. The molecule has 0 atom stereocenters. The van der Waals surface area contributed by atoms with Crippen LogP contribution in [0.2, 0.25) is 0 Å². The van der Waals surface area contributed by atoms with Crippen molar-refractivity contribution in [2.45, 2.75) is 0 Å². The maximum atomic E-state index is 10.6. The van der Waals surface area contributed by atoms with Crippen LogP contribution in [0.3, 0.4) is 0 Å². The normalized spacial score (nSPS) is 9.93. The number of rotatable bonds is 3. The number of nitrogens with two attached hydrogens (primary N) is 1. The Morgan fingerprint density at radius 1 is 1.64 bits per heavy atom. The molecule has 0 saturated carbocycles. The van der Waals surface area contributed by atoms with Crippen LogP contribution in [0.15, 0.2) is 0 Å². The number of nitrogens with one attached hydrogen (secondary N) is 1. The predicted molar refractivity (Wildman–Crippen MR) is 44.0 cm³/mol. The van der Waals surface area contributed by atoms with Gasteiger partial charge in [0.15, 0.2) is 5.96 Å². The molecule has 0 aliphatic heterocycles. The Balaban J connectivity index is 0. The quantitative estimate of drug-likeness (QED) is 0.226. The first kappa shape index (κ1) is 16.1. The minimum absolute atomic E-state index is 0. The number of likely N-dealkylation sites (N-methyl/N-ethyl adjacent to an activating group) is 1. The Bertz CT molecular complexity index is 266. The average Bonchev–Trinajstić information content (AvgIpc) is 1.81. The van der Waals surface area contributed by atoms with Crippen molar-refractivity contribution >= 4 is 42.8 Å². The largest absolute Gasteiger partial charge is 2.00 e. The zero-order valence-electron chi connectivity index (χ0n) is 7.43. The third-order valence-corrected chi connectivity index (χ3v) is 1.42. The number of phosphoric ester groups is 1. The van der Waals surface area contributed by atoms with Crippen molar-refractivity contribution in [2.24, 2.45) is 5.73 Å². The summed E-state index contributed by atoms with van der Waals surface area (Å²) in [6, 6.07) is 0. The molecule has 0 saturated heterocycles. The molecule has 0 aromatic rings. The molecule has 10 heteroatoms. The number of hydrogen-bond acceptors (Lipinski definition) is 6. The number of nitrogens with zero attached hydrogens (tertiary/aromatic N) is 1. The fourth-order valence-corrected chi connectivity index (χ4v) is 0.740. The molecule has 0 amide bonds. The smallest absolute Gasteiger partial charge is 0.780 e. The van der Waals surface area contributed by atoms with Gasteiger partial charge in [0.25, 0.3) is 0 Å². The molecule has 0 bridgehead atoms. The first-order valence-corrected chi connectivity index (χ1v) is 4.48. The van der Waals surface area contributed by atoms with E-state index >= 15 is 0 Å². The van der Waals surface area contributed by atoms with Crippen LogP contribution in [-0.4, -0.2) is 53.5 Å². The van der Waals surface area contributed by atoms with Crippen molar-refractivity contribution in [2.75, 3.05) is 13.6 Å². The van der Waals surface area contributed by atoms with Crippen LogP contribution in [-0.2, 0) is 13.9 Å². The van der Waals surface area contributed by atoms with Gasteiger partial charge in [0.2, 0.25) is 0 Å². The van der Waals surface area contributed by atoms with Gasteiger partial charge in [-0.25, -0.2) is 4.79 Å². The first-order chi connectivity index (χ1) is 5.72. The van der Waals surface area contributed by atoms with Crippen LogP contribution in [0.1, 0.15) is 0 Å². The van der Waals surface area contributed by atoms with Gasteiger partial charge >= 0.3 is 29.0 Å². The van der Waals surface area contributed by atoms with Crippen LogP contribution in [0.5, 0.6) is 0 Å². The summed E-state index contributed by atoms with van der Waals surface area (Å²) in [6.45, 7) is -0.566. The van der Waals surface area contributed by atoms with E-state index < -0.39 is 26.3 Å². The second-order valence-corrected chi connectivity index (χ2v) is 3.23. The molecule has 0 radical (unpaired) electrons. The van der Waals surface area contributed by atoms with Gasteiger partial charge in [-0.15, -0.1) is 0 Å². The third-order valence-electron chi connectivity index (χ3n) is 0.991. The maximum absolute atomic E-state index is 10.6. The third kappa shape index (κ3) is 8.26. The van der Waals surface area contributed by atoms with Crippen LogP contribution < -0.4 is 15.5 Å². The molecule has 0 fully saturated rings. The number of guanidine groups is 1. The van der Waals surface area contributed by atoms with Crippen LogP contribution in [0.25, 0.3) is 0 Å². The van der Waals surface area contributed by atoms with E-state index in [1.54, 1.807) is 0 Å². The van der Waals surface area contributed by atoms with Gasteiger partial charge in [0.1, 0.15) is 14.4 Å². The molecule has 0 spiro atoms. The van der Waals surface area contributed by atoms with E-state index in [1.807, 2.05) is 0 Å². The van der Waals surface area contributed by atoms with Gasteiger partial charge < -0.3 is 29.5 Å². The van der Waals surface area contributed by atoms with Crippen molar-refractivity contribution < 1.29 is 23.7 Å². The molecule has 14 heavy (non-hydrogen) atoms. The molecule has 0 heterocycles. The summed E-state index contributed by atoms with van der Waals surface area (Å²) in [6.07, 6.45) is 0. The maximum Gasteiger partial charge on any atom is 2.00 e. The minimum Gasteiger partial charge on any atom is -0.780 e. The Morgan fingerprint density at radius 2 is 2.07 bits per heavy atom. The monoisotopic (exact) mass is 233 g/mol. The van der Waals surface area contributed by atoms with Crippen LogP contribution in [0.4, 0.5) is 0 Å². The SMILES string of the molecule is CN(CC(=O)OP(=O)([O-])[O-])C(=N)N.[Mg+2]. The van der Waals surface area contributed by atoms with E-state index in [4.69, 9.17) is 11.1 Å². The van der Waals surface area contributed by atoms with Gasteiger partial charge in [-0.05, 0) is 0 Å². The van der Waals surface area contributed by atoms with E-state index in [2.05, 4.69) is 4.52 Å². The van der Waals surface area contributed by atoms with Gasteiger partial charge in [-0.3, -0.25) is 5.41 Å². The molecular weight excluding hydrogens is 225 g/mol. The van der Waals surface area contributed by atoms with Crippen molar-refractivity contribution in [1.82, 2.24) is 4.90 Å². The van der Waals surface area contributed by atoms with E-state index in [0.717, 1.165) is 4.90 Å². The van der Waals surface area contributed by atoms with Crippen molar-refractivity contribution in [1.29, 1.82) is 5.41 Å². The fraction of sp³-hybridized carbons (Fsp3) is 0.500. The average molecular weight is 233 g/mol. The van der Waals surface area contributed by atoms with Crippen molar-refractivity contribution in [3.8, 4) is 0 Å². The molecule has 0 unspecified atom stereocenters. The summed E-state index contributed by atoms with van der Waals surface area (Å²) < 4.78 is 13.4. The van der Waals surface area contributed by atoms with E-state index in [-0.39, 0.29) is 23.1 Å². The second-order valence-electron chi connectivity index (χ2n) is 2.15. The summed E-state index contributed by atoms with van der Waals surface area (Å²) >= 11 is 0. The van der Waals surface area contributed by atoms with Gasteiger partial charge in [-0.2, -0.15) is 0 Å². The minimum atomic E-state index is -5.30. The molecule has 76 valence electrons. The molecule has 3 N–H and O–H groups in total. The molecule has 0 rings (SSSR count). The zero-order chi connectivity index (χ0) is 10.6. The van der Waals surface area contributed by atoms with Crippen LogP contribution >= 0.6 is 7.82 Å². The van der Waals surface area contributed by atoms with E-state index in [9.17, 15) is 19.1 Å². The van der Waals surface area contributed by atoms with Crippen molar-refractivity contribution in [3.63, 3.8) is 0 Å². The summed E-state index contributed by atoms with van der Waals surface area (Å²) in [4.78, 5) is 31.3. The molecule has 0 aliphatic rings. The predicted octanol–water partition coefficient (Wildman–Crippen LogP) is -3.20. The number of carbonyl (C=O) groups excluding carboxylic acids is 1. The molecule has 8 nitrogen and oxygen atoms in total. The second kappa shape index (κ2) is 6.20. The Labute approximate surface area is 96.3 Å². The molecule has 0 aromatic carbocycles. The summed E-state index contributed by atoms with van der Waals surface area (Å²) in [7, 11) is -4.03. The standard InChI is InChI=1S/C4H10N3O5P.Mg/c1-7(4(5)6)2-3(8)12-13(9,10)11;/h2H2,1H3,(H3,5,6)(H2,9,10,11);/q;+2/p-2. The Morgan fingerprint density at radius 3 is 2.36 bits per heavy atom. The molecule has 0 aromatic heterocycles. The van der Waals surface area contributed by atoms with E-state index in [1.165, 1.54) is 7.05 Å². The number of hydrogen-bond donors (Lipinski definition) is 2. The van der Waals surface area contributed by atoms with Gasteiger partial charge in [-0.1, -0.05) is 0 Å².